The van der Waals surface area contributed by atoms with Crippen molar-refractivity contribution >= 4 is 5.91 Å². The van der Waals surface area contributed by atoms with Crippen LogP contribution in [0.2, 0.25) is 0 Å². The molecule has 2 fully saturated rings. The Balaban J connectivity index is 1.93. The number of methoxy groups -OCH3 is 1. The first-order chi connectivity index (χ1) is 10.7. The van der Waals surface area contributed by atoms with Gasteiger partial charge in [-0.05, 0) is 37.0 Å². The lowest BCUT2D eigenvalue weighted by Crippen LogP contribution is -2.53. The van der Waals surface area contributed by atoms with Crippen LogP contribution in [0.4, 0.5) is 0 Å². The average molecular weight is 302 g/mol. The molecule has 2 atom stereocenters. The number of likely N-dealkylation sites (tertiary alicyclic amines) is 1. The fourth-order valence-corrected chi connectivity index (χ4v) is 3.96. The molecule has 3 rings (SSSR count). The lowest BCUT2D eigenvalue weighted by atomic mass is 9.85. The maximum Gasteiger partial charge on any atom is 0.223 e. The van der Waals surface area contributed by atoms with Crippen LogP contribution in [-0.2, 0) is 4.79 Å². The molecule has 1 aromatic carbocycles. The highest BCUT2D eigenvalue weighted by atomic mass is 16.5. The summed E-state index contributed by atoms with van der Waals surface area (Å²) in [4.78, 5) is 14.7. The summed E-state index contributed by atoms with van der Waals surface area (Å²) in [6.45, 7) is 0. The monoisotopic (exact) mass is 302 g/mol. The van der Waals surface area contributed by atoms with Crippen LogP contribution in [0, 0.1) is 0 Å². The third-order valence-corrected chi connectivity index (χ3v) is 5.09. The van der Waals surface area contributed by atoms with Crippen LogP contribution >= 0.6 is 0 Å². The lowest BCUT2D eigenvalue weighted by Gasteiger charge is -2.45. The predicted octanol–water partition coefficient (Wildman–Crippen LogP) is 3.02. The summed E-state index contributed by atoms with van der Waals surface area (Å²) in [5.41, 5.74) is 7.53. The Morgan fingerprint density at radius 1 is 1.18 bits per heavy atom. The highest BCUT2D eigenvalue weighted by Crippen LogP contribution is 2.37. The molecule has 0 aromatic heterocycles. The summed E-state index contributed by atoms with van der Waals surface area (Å²) < 4.78 is 5.34. The summed E-state index contributed by atoms with van der Waals surface area (Å²) >= 11 is 0. The first-order valence-electron chi connectivity index (χ1n) is 8.41. The molecule has 1 aromatic rings. The number of rotatable bonds is 3. The minimum absolute atomic E-state index is 0.00623. The van der Waals surface area contributed by atoms with Crippen molar-refractivity contribution in [3.8, 4) is 5.75 Å². The van der Waals surface area contributed by atoms with Gasteiger partial charge in [-0.1, -0.05) is 31.4 Å². The molecule has 2 unspecified atom stereocenters. The molecule has 1 aliphatic carbocycles. The van der Waals surface area contributed by atoms with Crippen LogP contribution in [0.25, 0.3) is 0 Å². The molecule has 1 heterocycles. The van der Waals surface area contributed by atoms with E-state index in [9.17, 15) is 4.79 Å². The van der Waals surface area contributed by atoms with E-state index in [-0.39, 0.29) is 18.0 Å². The Morgan fingerprint density at radius 2 is 1.95 bits per heavy atom. The number of carbonyl (C=O) groups excluding carboxylic acids is 1. The van der Waals surface area contributed by atoms with E-state index < -0.39 is 0 Å². The molecule has 0 bridgehead atoms. The molecule has 4 heteroatoms. The van der Waals surface area contributed by atoms with E-state index in [0.717, 1.165) is 30.6 Å². The van der Waals surface area contributed by atoms with E-state index in [1.165, 1.54) is 19.3 Å². The summed E-state index contributed by atoms with van der Waals surface area (Å²) in [5, 5.41) is 0. The number of piperidine rings is 1. The zero-order valence-corrected chi connectivity index (χ0v) is 13.3. The van der Waals surface area contributed by atoms with Gasteiger partial charge in [-0.3, -0.25) is 4.79 Å². The van der Waals surface area contributed by atoms with Crippen LogP contribution in [0.15, 0.2) is 24.3 Å². The molecule has 0 radical (unpaired) electrons. The number of nitrogens with two attached hydrogens (primary N) is 1. The van der Waals surface area contributed by atoms with E-state index in [1.807, 2.05) is 18.2 Å². The molecule has 4 nitrogen and oxygen atoms in total. The second kappa shape index (κ2) is 6.69. The SMILES string of the molecule is COc1cccc(C2C(N)CCC(=O)N2C2CCCCC2)c1. The van der Waals surface area contributed by atoms with Gasteiger partial charge in [-0.15, -0.1) is 0 Å². The maximum absolute atomic E-state index is 12.6. The number of nitrogens with zero attached hydrogens (tertiary/aromatic N) is 1. The summed E-state index contributed by atoms with van der Waals surface area (Å²) in [5.74, 6) is 1.09. The molecule has 2 N–H and O–H groups in total. The smallest absolute Gasteiger partial charge is 0.223 e. The first-order valence-corrected chi connectivity index (χ1v) is 8.41. The Labute approximate surface area is 132 Å². The van der Waals surface area contributed by atoms with Gasteiger partial charge in [0.2, 0.25) is 5.91 Å². The van der Waals surface area contributed by atoms with E-state index in [2.05, 4.69) is 11.0 Å². The van der Waals surface area contributed by atoms with Crippen LogP contribution in [0.5, 0.6) is 5.75 Å². The maximum atomic E-state index is 12.6. The van der Waals surface area contributed by atoms with Gasteiger partial charge in [0.05, 0.1) is 13.2 Å². The number of carbonyl (C=O) groups is 1. The zero-order chi connectivity index (χ0) is 15.5. The van der Waals surface area contributed by atoms with Crippen LogP contribution in [0.1, 0.15) is 56.6 Å². The minimum Gasteiger partial charge on any atom is -0.497 e. The molecule has 0 spiro atoms. The molecule has 1 saturated heterocycles. The molecule has 1 amide bonds. The second-order valence-corrected chi connectivity index (χ2v) is 6.52. The van der Waals surface area contributed by atoms with Crippen LogP contribution in [0.3, 0.4) is 0 Å². The molecular weight excluding hydrogens is 276 g/mol. The zero-order valence-electron chi connectivity index (χ0n) is 13.3. The molecule has 1 saturated carbocycles. The van der Waals surface area contributed by atoms with Gasteiger partial charge >= 0.3 is 0 Å². The van der Waals surface area contributed by atoms with Gasteiger partial charge in [0.1, 0.15) is 5.75 Å². The van der Waals surface area contributed by atoms with E-state index in [0.29, 0.717) is 12.5 Å². The lowest BCUT2D eigenvalue weighted by molar-refractivity contribution is -0.141. The van der Waals surface area contributed by atoms with Gasteiger partial charge in [0.25, 0.3) is 0 Å². The number of hydrogen-bond donors (Lipinski definition) is 1. The summed E-state index contributed by atoms with van der Waals surface area (Å²) in [7, 11) is 1.67. The van der Waals surface area contributed by atoms with Crippen molar-refractivity contribution in [1.29, 1.82) is 0 Å². The van der Waals surface area contributed by atoms with Crippen LogP contribution < -0.4 is 10.5 Å². The molecule has 120 valence electrons. The highest BCUT2D eigenvalue weighted by molar-refractivity contribution is 5.78. The quantitative estimate of drug-likeness (QED) is 0.933. The van der Waals surface area contributed by atoms with Crippen LogP contribution in [-0.4, -0.2) is 30.0 Å². The molecule has 22 heavy (non-hydrogen) atoms. The van der Waals surface area contributed by atoms with Gasteiger partial charge in [-0.2, -0.15) is 0 Å². The van der Waals surface area contributed by atoms with Crippen molar-refractivity contribution in [2.45, 2.75) is 63.1 Å². The van der Waals surface area contributed by atoms with Gasteiger partial charge < -0.3 is 15.4 Å². The van der Waals surface area contributed by atoms with Crippen molar-refractivity contribution < 1.29 is 9.53 Å². The molecule has 2 aliphatic rings. The third-order valence-electron chi connectivity index (χ3n) is 5.09. The van der Waals surface area contributed by atoms with Crippen molar-refractivity contribution in [2.75, 3.05) is 7.11 Å². The van der Waals surface area contributed by atoms with E-state index in [1.54, 1.807) is 7.11 Å². The van der Waals surface area contributed by atoms with Gasteiger partial charge in [0.15, 0.2) is 0 Å². The fraction of sp³-hybridized carbons (Fsp3) is 0.611. The number of benzene rings is 1. The topological polar surface area (TPSA) is 55.6 Å². The average Bonchev–Trinajstić information content (AvgIpc) is 2.57. The standard InChI is InChI=1S/C18H26N2O2/c1-22-15-9-5-6-13(12-15)18-16(19)10-11-17(21)20(18)14-7-3-2-4-8-14/h5-6,9,12,14,16,18H,2-4,7-8,10-11,19H2,1H3. The largest absolute Gasteiger partial charge is 0.497 e. The Kier molecular flexibility index (Phi) is 4.67. The molecular formula is C18H26N2O2. The van der Waals surface area contributed by atoms with Crippen molar-refractivity contribution in [3.63, 3.8) is 0 Å². The second-order valence-electron chi connectivity index (χ2n) is 6.52. The predicted molar refractivity (Wildman–Crippen MR) is 86.7 cm³/mol. The van der Waals surface area contributed by atoms with Gasteiger partial charge in [-0.25, -0.2) is 0 Å². The summed E-state index contributed by atoms with van der Waals surface area (Å²) in [6, 6.07) is 8.36. The van der Waals surface area contributed by atoms with Gasteiger partial charge in [0, 0.05) is 18.5 Å². The first kappa shape index (κ1) is 15.3. The number of ether oxygens (including phenoxy) is 1. The number of hydrogen-bond acceptors (Lipinski definition) is 3. The Bertz CT molecular complexity index is 526. The normalized spacial score (nSPS) is 27.0. The van der Waals surface area contributed by atoms with E-state index >= 15 is 0 Å². The van der Waals surface area contributed by atoms with E-state index in [4.69, 9.17) is 10.5 Å². The number of amides is 1. The molecule has 1 aliphatic heterocycles. The summed E-state index contributed by atoms with van der Waals surface area (Å²) in [6.07, 6.45) is 7.29. The van der Waals surface area contributed by atoms with Crippen molar-refractivity contribution in [2.24, 2.45) is 5.73 Å². The fourth-order valence-electron chi connectivity index (χ4n) is 3.96. The third kappa shape index (κ3) is 2.98. The van der Waals surface area contributed by atoms with Crippen molar-refractivity contribution in [3.05, 3.63) is 29.8 Å². The highest BCUT2D eigenvalue weighted by Gasteiger charge is 2.39. The van der Waals surface area contributed by atoms with Crippen molar-refractivity contribution in [1.82, 2.24) is 4.90 Å². The Hall–Kier alpha value is -1.55. The Morgan fingerprint density at radius 3 is 2.68 bits per heavy atom. The minimum atomic E-state index is -0.0144.